The highest BCUT2D eigenvalue weighted by Gasteiger charge is 2.26. The Labute approximate surface area is 102 Å². The number of hydrogen-bond acceptors (Lipinski definition) is 1. The molecule has 3 heteroatoms. The second-order valence-corrected chi connectivity index (χ2v) is 4.69. The van der Waals surface area contributed by atoms with Gasteiger partial charge in [-0.05, 0) is 49.4 Å². The topological polar surface area (TPSA) is 12.0 Å². The van der Waals surface area contributed by atoms with Gasteiger partial charge in [-0.25, -0.2) is 8.78 Å². The second-order valence-electron chi connectivity index (χ2n) is 4.69. The fraction of sp³-hybridized carbons (Fsp3) is 0.571. The van der Waals surface area contributed by atoms with Gasteiger partial charge in [0.1, 0.15) is 11.6 Å². The van der Waals surface area contributed by atoms with Gasteiger partial charge in [0.05, 0.1) is 0 Å². The van der Waals surface area contributed by atoms with Gasteiger partial charge in [0.2, 0.25) is 0 Å². The normalized spacial score (nSPS) is 11.8. The minimum absolute atomic E-state index is 0.0784. The maximum absolute atomic E-state index is 13.1. The molecule has 0 aliphatic rings. The minimum atomic E-state index is -0.495. The van der Waals surface area contributed by atoms with Crippen LogP contribution in [0.15, 0.2) is 18.2 Å². The lowest BCUT2D eigenvalue weighted by Gasteiger charge is -2.31. The van der Waals surface area contributed by atoms with Crippen LogP contribution in [0.4, 0.5) is 8.78 Å². The van der Waals surface area contributed by atoms with Gasteiger partial charge in [-0.3, -0.25) is 0 Å². The predicted octanol–water partition coefficient (Wildman–Crippen LogP) is 3.53. The van der Waals surface area contributed by atoms with Crippen LogP contribution in [0.2, 0.25) is 0 Å². The molecule has 0 radical (unpaired) electrons. The van der Waals surface area contributed by atoms with Gasteiger partial charge in [0.15, 0.2) is 0 Å². The summed E-state index contributed by atoms with van der Waals surface area (Å²) in [4.78, 5) is 0. The van der Waals surface area contributed by atoms with Crippen molar-refractivity contribution >= 4 is 0 Å². The number of rotatable bonds is 6. The molecule has 0 aliphatic heterocycles. The number of hydrogen-bond donors (Lipinski definition) is 1. The Morgan fingerprint density at radius 3 is 2.00 bits per heavy atom. The highest BCUT2D eigenvalue weighted by Crippen LogP contribution is 2.30. The first-order chi connectivity index (χ1) is 8.05. The van der Waals surface area contributed by atoms with Gasteiger partial charge in [-0.1, -0.05) is 13.8 Å². The lowest BCUT2D eigenvalue weighted by molar-refractivity contribution is 0.252. The first-order valence-electron chi connectivity index (χ1n) is 6.15. The molecule has 1 aromatic carbocycles. The van der Waals surface area contributed by atoms with E-state index in [2.05, 4.69) is 19.2 Å². The van der Waals surface area contributed by atoms with Crippen molar-refractivity contribution in [3.05, 3.63) is 35.4 Å². The molecule has 1 nitrogen and oxygen atoms in total. The SMILES string of the molecule is CCC(CC)(CNC)Cc1cc(F)cc(F)c1. The largest absolute Gasteiger partial charge is 0.319 e. The zero-order chi connectivity index (χ0) is 12.9. The zero-order valence-electron chi connectivity index (χ0n) is 10.8. The third kappa shape index (κ3) is 3.77. The maximum Gasteiger partial charge on any atom is 0.126 e. The molecular formula is C14H21F2N. The molecule has 0 saturated carbocycles. The van der Waals surface area contributed by atoms with Crippen molar-refractivity contribution in [2.45, 2.75) is 33.1 Å². The maximum atomic E-state index is 13.1. The van der Waals surface area contributed by atoms with Crippen molar-refractivity contribution in [1.29, 1.82) is 0 Å². The molecule has 0 fully saturated rings. The van der Waals surface area contributed by atoms with E-state index in [0.29, 0.717) is 6.42 Å². The van der Waals surface area contributed by atoms with Crippen LogP contribution in [-0.4, -0.2) is 13.6 Å². The lowest BCUT2D eigenvalue weighted by Crippen LogP contribution is -2.33. The van der Waals surface area contributed by atoms with E-state index in [0.717, 1.165) is 31.0 Å². The Kier molecular flexibility index (Phi) is 5.06. The van der Waals surface area contributed by atoms with Crippen LogP contribution < -0.4 is 5.32 Å². The van der Waals surface area contributed by atoms with Gasteiger partial charge in [-0.15, -0.1) is 0 Å². The molecule has 0 unspecified atom stereocenters. The molecular weight excluding hydrogens is 220 g/mol. The van der Waals surface area contributed by atoms with E-state index in [9.17, 15) is 8.78 Å². The summed E-state index contributed by atoms with van der Waals surface area (Å²) in [6.45, 7) is 5.10. The first kappa shape index (κ1) is 14.1. The average Bonchev–Trinajstić information content (AvgIpc) is 2.27. The summed E-state index contributed by atoms with van der Waals surface area (Å²) in [7, 11) is 1.91. The molecule has 1 N–H and O–H groups in total. The third-order valence-corrected chi connectivity index (χ3v) is 3.55. The zero-order valence-corrected chi connectivity index (χ0v) is 10.8. The molecule has 0 spiro atoms. The number of halogens is 2. The van der Waals surface area contributed by atoms with Gasteiger partial charge in [0.25, 0.3) is 0 Å². The van der Waals surface area contributed by atoms with Crippen molar-refractivity contribution in [2.24, 2.45) is 5.41 Å². The molecule has 0 saturated heterocycles. The van der Waals surface area contributed by atoms with Gasteiger partial charge in [-0.2, -0.15) is 0 Å². The van der Waals surface area contributed by atoms with Crippen LogP contribution in [0, 0.1) is 17.0 Å². The van der Waals surface area contributed by atoms with Crippen LogP contribution >= 0.6 is 0 Å². The van der Waals surface area contributed by atoms with E-state index in [-0.39, 0.29) is 5.41 Å². The molecule has 17 heavy (non-hydrogen) atoms. The smallest absolute Gasteiger partial charge is 0.126 e. The second kappa shape index (κ2) is 6.10. The van der Waals surface area contributed by atoms with Gasteiger partial charge >= 0.3 is 0 Å². The van der Waals surface area contributed by atoms with Crippen LogP contribution in [0.1, 0.15) is 32.3 Å². The Hall–Kier alpha value is -0.960. The fourth-order valence-electron chi connectivity index (χ4n) is 2.33. The Balaban J connectivity index is 2.92. The van der Waals surface area contributed by atoms with Crippen molar-refractivity contribution < 1.29 is 8.78 Å². The van der Waals surface area contributed by atoms with E-state index in [1.54, 1.807) is 0 Å². The van der Waals surface area contributed by atoms with Crippen molar-refractivity contribution in [2.75, 3.05) is 13.6 Å². The highest BCUT2D eigenvalue weighted by molar-refractivity contribution is 5.19. The van der Waals surface area contributed by atoms with E-state index in [1.165, 1.54) is 12.1 Å². The Bertz CT molecular complexity index is 339. The highest BCUT2D eigenvalue weighted by atomic mass is 19.1. The van der Waals surface area contributed by atoms with Crippen molar-refractivity contribution in [3.8, 4) is 0 Å². The molecule has 1 aromatic rings. The summed E-state index contributed by atoms with van der Waals surface area (Å²) < 4.78 is 26.3. The third-order valence-electron chi connectivity index (χ3n) is 3.55. The van der Waals surface area contributed by atoms with Crippen molar-refractivity contribution in [1.82, 2.24) is 5.32 Å². The summed E-state index contributed by atoms with van der Waals surface area (Å²) >= 11 is 0. The van der Waals surface area contributed by atoms with E-state index < -0.39 is 11.6 Å². The molecule has 0 heterocycles. The van der Waals surface area contributed by atoms with E-state index in [1.807, 2.05) is 7.05 Å². The summed E-state index contributed by atoms with van der Waals surface area (Å²) in [6, 6.07) is 3.78. The van der Waals surface area contributed by atoms with Crippen molar-refractivity contribution in [3.63, 3.8) is 0 Å². The van der Waals surface area contributed by atoms with Crippen LogP contribution in [0.3, 0.4) is 0 Å². The van der Waals surface area contributed by atoms with Crippen LogP contribution in [0.5, 0.6) is 0 Å². The van der Waals surface area contributed by atoms with E-state index >= 15 is 0 Å². The molecule has 0 atom stereocenters. The van der Waals surface area contributed by atoms with Gasteiger partial charge < -0.3 is 5.32 Å². The van der Waals surface area contributed by atoms with E-state index in [4.69, 9.17) is 0 Å². The summed E-state index contributed by atoms with van der Waals surface area (Å²) in [5.41, 5.74) is 0.816. The molecule has 1 rings (SSSR count). The molecule has 0 amide bonds. The lowest BCUT2D eigenvalue weighted by atomic mass is 9.77. The fourth-order valence-corrected chi connectivity index (χ4v) is 2.33. The standard InChI is InChI=1S/C14H21F2N/c1-4-14(5-2,10-17-3)9-11-6-12(15)8-13(16)7-11/h6-8,17H,4-5,9-10H2,1-3H3. The average molecular weight is 241 g/mol. The summed E-state index contributed by atoms with van der Waals surface area (Å²) in [6.07, 6.45) is 2.68. The Morgan fingerprint density at radius 1 is 1.06 bits per heavy atom. The first-order valence-corrected chi connectivity index (χ1v) is 6.15. The monoisotopic (exact) mass is 241 g/mol. The Morgan fingerprint density at radius 2 is 1.59 bits per heavy atom. The van der Waals surface area contributed by atoms with Crippen LogP contribution in [-0.2, 0) is 6.42 Å². The quantitative estimate of drug-likeness (QED) is 0.803. The van der Waals surface area contributed by atoms with Gasteiger partial charge in [0, 0.05) is 12.6 Å². The number of nitrogens with one attached hydrogen (secondary N) is 1. The summed E-state index contributed by atoms with van der Waals surface area (Å²) in [5, 5.41) is 3.17. The molecule has 96 valence electrons. The summed E-state index contributed by atoms with van der Waals surface area (Å²) in [5.74, 6) is -0.990. The van der Waals surface area contributed by atoms with Crippen LogP contribution in [0.25, 0.3) is 0 Å². The molecule has 0 aromatic heterocycles. The molecule has 0 bridgehead atoms. The number of benzene rings is 1. The predicted molar refractivity (Wildman–Crippen MR) is 67.0 cm³/mol. The minimum Gasteiger partial charge on any atom is -0.319 e. The molecule has 0 aliphatic carbocycles.